The zero-order valence-electron chi connectivity index (χ0n) is 15.3. The molecule has 2 aromatic carbocycles. The Kier molecular flexibility index (Phi) is 4.13. The van der Waals surface area contributed by atoms with E-state index in [1.165, 1.54) is 0 Å². The summed E-state index contributed by atoms with van der Waals surface area (Å²) < 4.78 is 5.57. The van der Waals surface area contributed by atoms with Crippen LogP contribution in [0.2, 0.25) is 0 Å². The highest BCUT2D eigenvalue weighted by Gasteiger charge is 2.33. The van der Waals surface area contributed by atoms with E-state index in [1.54, 1.807) is 6.20 Å². The van der Waals surface area contributed by atoms with E-state index < -0.39 is 0 Å². The fourth-order valence-electron chi connectivity index (χ4n) is 3.48. The van der Waals surface area contributed by atoms with Gasteiger partial charge in [-0.1, -0.05) is 41.6 Å². The van der Waals surface area contributed by atoms with Gasteiger partial charge in [0, 0.05) is 36.1 Å². The number of rotatable bonds is 5. The number of aromatic nitrogens is 2. The molecule has 0 N–H and O–H groups in total. The van der Waals surface area contributed by atoms with Crippen molar-refractivity contribution in [2.75, 3.05) is 0 Å². The third-order valence-electron chi connectivity index (χ3n) is 5.08. The molecule has 5 heteroatoms. The van der Waals surface area contributed by atoms with Gasteiger partial charge in [-0.25, -0.2) is 0 Å². The lowest BCUT2D eigenvalue weighted by atomic mass is 10.1. The van der Waals surface area contributed by atoms with Crippen LogP contribution in [-0.2, 0) is 6.54 Å². The lowest BCUT2D eigenvalue weighted by Crippen LogP contribution is -2.32. The Hall–Kier alpha value is -3.47. The quantitative estimate of drug-likeness (QED) is 0.512. The van der Waals surface area contributed by atoms with Gasteiger partial charge in [0.15, 0.2) is 5.76 Å². The van der Waals surface area contributed by atoms with E-state index in [9.17, 15) is 4.79 Å². The van der Waals surface area contributed by atoms with Gasteiger partial charge in [0.2, 0.25) is 0 Å². The summed E-state index contributed by atoms with van der Waals surface area (Å²) in [5, 5.41) is 5.00. The van der Waals surface area contributed by atoms with E-state index in [0.717, 1.165) is 34.9 Å². The summed E-state index contributed by atoms with van der Waals surface area (Å²) in [4.78, 5) is 19.4. The highest BCUT2D eigenvalue weighted by molar-refractivity contribution is 6.01. The van der Waals surface area contributed by atoms with Crippen LogP contribution in [0.3, 0.4) is 0 Å². The fourth-order valence-corrected chi connectivity index (χ4v) is 3.48. The molecule has 0 aliphatic heterocycles. The summed E-state index contributed by atoms with van der Waals surface area (Å²) in [7, 11) is 0. The minimum Gasteiger partial charge on any atom is -0.355 e. The second-order valence-electron chi connectivity index (χ2n) is 7.14. The van der Waals surface area contributed by atoms with Crippen LogP contribution >= 0.6 is 0 Å². The minimum absolute atomic E-state index is 0.0356. The number of fused-ring (bicyclic) bond motifs is 1. The zero-order valence-corrected chi connectivity index (χ0v) is 15.3. The molecule has 2 heterocycles. The molecule has 5 nitrogen and oxygen atoms in total. The maximum absolute atomic E-state index is 13.3. The van der Waals surface area contributed by atoms with Gasteiger partial charge in [0.1, 0.15) is 5.52 Å². The van der Waals surface area contributed by atoms with E-state index in [-0.39, 0.29) is 5.91 Å². The van der Waals surface area contributed by atoms with Crippen LogP contribution in [-0.4, -0.2) is 27.0 Å². The van der Waals surface area contributed by atoms with Gasteiger partial charge in [-0.05, 0) is 42.7 Å². The number of carbonyl (C=O) groups is 1. The summed E-state index contributed by atoms with van der Waals surface area (Å²) in [6, 6.07) is 19.6. The molecular formula is C23H19N3O2. The lowest BCUT2D eigenvalue weighted by Gasteiger charge is -2.22. The largest absolute Gasteiger partial charge is 0.355 e. The van der Waals surface area contributed by atoms with E-state index in [0.29, 0.717) is 23.9 Å². The van der Waals surface area contributed by atoms with E-state index in [2.05, 4.69) is 10.1 Å². The van der Waals surface area contributed by atoms with Gasteiger partial charge in [0.05, 0.1) is 5.39 Å². The Morgan fingerprint density at radius 3 is 2.68 bits per heavy atom. The number of pyridine rings is 1. The van der Waals surface area contributed by atoms with Gasteiger partial charge in [-0.3, -0.25) is 9.78 Å². The Morgan fingerprint density at radius 1 is 1.07 bits per heavy atom. The van der Waals surface area contributed by atoms with Crippen LogP contribution in [0.15, 0.2) is 77.6 Å². The zero-order chi connectivity index (χ0) is 18.9. The molecular weight excluding hydrogens is 350 g/mol. The number of hydrogen-bond acceptors (Lipinski definition) is 4. The van der Waals surface area contributed by atoms with Crippen LogP contribution in [0.1, 0.15) is 28.8 Å². The number of hydrogen-bond donors (Lipinski definition) is 0. The molecule has 0 radical (unpaired) electrons. The van der Waals surface area contributed by atoms with Gasteiger partial charge in [0.25, 0.3) is 5.91 Å². The predicted molar refractivity (Wildman–Crippen MR) is 107 cm³/mol. The first kappa shape index (κ1) is 16.7. The normalized spacial score (nSPS) is 13.6. The predicted octanol–water partition coefficient (Wildman–Crippen LogP) is 4.69. The standard InChI is InChI=1S/C23H19N3O2/c27-23(26(19-9-10-19)15-16-5-4-12-24-14-16)18-8-11-21-20(13-18)22(28-25-21)17-6-2-1-3-7-17/h1-8,11-14,19H,9-10,15H2. The van der Waals surface area contributed by atoms with Gasteiger partial charge < -0.3 is 9.42 Å². The van der Waals surface area contributed by atoms with Crippen LogP contribution < -0.4 is 0 Å². The third kappa shape index (κ3) is 3.16. The summed E-state index contributed by atoms with van der Waals surface area (Å²) >= 11 is 0. The third-order valence-corrected chi connectivity index (χ3v) is 5.08. The topological polar surface area (TPSA) is 59.2 Å². The summed E-state index contributed by atoms with van der Waals surface area (Å²) in [6.45, 7) is 0.574. The SMILES string of the molecule is O=C(c1ccc2noc(-c3ccccc3)c2c1)N(Cc1cccnc1)C1CC1. The highest BCUT2D eigenvalue weighted by Crippen LogP contribution is 2.32. The van der Waals surface area contributed by atoms with Crippen molar-refractivity contribution >= 4 is 16.8 Å². The van der Waals surface area contributed by atoms with E-state index in [1.807, 2.05) is 71.8 Å². The van der Waals surface area contributed by atoms with Crippen molar-refractivity contribution in [3.63, 3.8) is 0 Å². The van der Waals surface area contributed by atoms with Crippen molar-refractivity contribution in [2.45, 2.75) is 25.4 Å². The van der Waals surface area contributed by atoms with Gasteiger partial charge in [-0.15, -0.1) is 0 Å². The van der Waals surface area contributed by atoms with Crippen LogP contribution in [0.25, 0.3) is 22.2 Å². The molecule has 1 aliphatic carbocycles. The molecule has 5 rings (SSSR count). The molecule has 0 bridgehead atoms. The monoisotopic (exact) mass is 369 g/mol. The van der Waals surface area contributed by atoms with E-state index in [4.69, 9.17) is 4.52 Å². The first-order valence-corrected chi connectivity index (χ1v) is 9.44. The minimum atomic E-state index is 0.0356. The van der Waals surface area contributed by atoms with Gasteiger partial charge >= 0.3 is 0 Å². The molecule has 28 heavy (non-hydrogen) atoms. The first-order chi connectivity index (χ1) is 13.8. The van der Waals surface area contributed by atoms with Crippen LogP contribution in [0.5, 0.6) is 0 Å². The highest BCUT2D eigenvalue weighted by atomic mass is 16.5. The fraction of sp³-hybridized carbons (Fsp3) is 0.174. The maximum Gasteiger partial charge on any atom is 0.254 e. The second-order valence-corrected chi connectivity index (χ2v) is 7.14. The average molecular weight is 369 g/mol. The van der Waals surface area contributed by atoms with Crippen molar-refractivity contribution in [1.82, 2.24) is 15.0 Å². The molecule has 2 aromatic heterocycles. The number of carbonyl (C=O) groups excluding carboxylic acids is 1. The second kappa shape index (κ2) is 6.93. The molecule has 0 atom stereocenters. The molecule has 1 aliphatic rings. The lowest BCUT2D eigenvalue weighted by molar-refractivity contribution is 0.0730. The van der Waals surface area contributed by atoms with E-state index >= 15 is 0 Å². The van der Waals surface area contributed by atoms with Crippen LogP contribution in [0.4, 0.5) is 0 Å². The first-order valence-electron chi connectivity index (χ1n) is 9.44. The van der Waals surface area contributed by atoms with Crippen molar-refractivity contribution in [3.05, 3.63) is 84.2 Å². The maximum atomic E-state index is 13.3. The molecule has 0 spiro atoms. The molecule has 1 fully saturated rings. The summed E-state index contributed by atoms with van der Waals surface area (Å²) in [6.07, 6.45) is 5.67. The summed E-state index contributed by atoms with van der Waals surface area (Å²) in [5.41, 5.74) is 3.40. The Balaban J connectivity index is 1.50. The van der Waals surface area contributed by atoms with Crippen molar-refractivity contribution < 1.29 is 9.32 Å². The Bertz CT molecular complexity index is 1120. The Morgan fingerprint density at radius 2 is 1.93 bits per heavy atom. The van der Waals surface area contributed by atoms with Crippen molar-refractivity contribution in [2.24, 2.45) is 0 Å². The molecule has 1 saturated carbocycles. The smallest absolute Gasteiger partial charge is 0.254 e. The molecule has 0 saturated heterocycles. The van der Waals surface area contributed by atoms with Gasteiger partial charge in [-0.2, -0.15) is 0 Å². The van der Waals surface area contributed by atoms with Crippen molar-refractivity contribution in [3.8, 4) is 11.3 Å². The summed E-state index contributed by atoms with van der Waals surface area (Å²) in [5.74, 6) is 0.726. The number of amides is 1. The molecule has 4 aromatic rings. The van der Waals surface area contributed by atoms with Crippen LogP contribution in [0, 0.1) is 0 Å². The number of benzene rings is 2. The molecule has 138 valence electrons. The van der Waals surface area contributed by atoms with Crippen molar-refractivity contribution in [1.29, 1.82) is 0 Å². The number of nitrogens with zero attached hydrogens (tertiary/aromatic N) is 3. The molecule has 0 unspecified atom stereocenters. The molecule has 1 amide bonds. The Labute approximate surface area is 162 Å². The average Bonchev–Trinajstić information content (AvgIpc) is 3.51.